The van der Waals surface area contributed by atoms with Crippen LogP contribution in [0.1, 0.15) is 19.3 Å². The van der Waals surface area contributed by atoms with Crippen LogP contribution in [0, 0.1) is 5.92 Å². The number of nitrogens with two attached hydrogens (primary N) is 1. The normalized spacial score (nSPS) is 19.5. The highest BCUT2D eigenvalue weighted by Crippen LogP contribution is 2.32. The Bertz CT molecular complexity index is 152. The molecule has 1 fully saturated rings. The number of hydrogen-bond acceptors (Lipinski definition) is 2. The Balaban J connectivity index is 2.23. The van der Waals surface area contributed by atoms with Crippen molar-refractivity contribution in [3.05, 3.63) is 0 Å². The third-order valence-electron chi connectivity index (χ3n) is 2.14. The van der Waals surface area contributed by atoms with Gasteiger partial charge in [-0.15, -0.1) is 0 Å². The molecule has 11 heavy (non-hydrogen) atoms. The lowest BCUT2D eigenvalue weighted by Crippen LogP contribution is -2.32. The van der Waals surface area contributed by atoms with Gasteiger partial charge in [-0.1, -0.05) is 0 Å². The molecule has 0 spiro atoms. The number of carbonyl (C=O) groups excluding carboxylic acids is 1. The molecule has 0 aromatic rings. The molecule has 1 aliphatic rings. The lowest BCUT2D eigenvalue weighted by Gasteiger charge is -2.14. The summed E-state index contributed by atoms with van der Waals surface area (Å²) in [4.78, 5) is 12.7. The zero-order valence-electron chi connectivity index (χ0n) is 7.21. The van der Waals surface area contributed by atoms with E-state index in [0.29, 0.717) is 12.3 Å². The molecule has 64 valence electrons. The molecule has 1 amide bonds. The number of rotatable bonds is 3. The van der Waals surface area contributed by atoms with Gasteiger partial charge in [0, 0.05) is 26.6 Å². The fourth-order valence-electron chi connectivity index (χ4n) is 1.08. The second kappa shape index (κ2) is 3.22. The molecule has 3 nitrogen and oxygen atoms in total. The molecular weight excluding hydrogens is 140 g/mol. The van der Waals surface area contributed by atoms with Gasteiger partial charge in [0.25, 0.3) is 0 Å². The Morgan fingerprint density at radius 1 is 1.64 bits per heavy atom. The highest BCUT2D eigenvalue weighted by molar-refractivity contribution is 5.76. The minimum absolute atomic E-state index is 0.102. The van der Waals surface area contributed by atoms with Crippen LogP contribution >= 0.6 is 0 Å². The lowest BCUT2D eigenvalue weighted by atomic mass is 10.1. The highest BCUT2D eigenvalue weighted by atomic mass is 16.2. The average molecular weight is 156 g/mol. The molecule has 1 saturated carbocycles. The summed E-state index contributed by atoms with van der Waals surface area (Å²) >= 11 is 0. The van der Waals surface area contributed by atoms with E-state index in [1.165, 1.54) is 12.8 Å². The van der Waals surface area contributed by atoms with E-state index in [-0.39, 0.29) is 11.9 Å². The zero-order chi connectivity index (χ0) is 8.43. The molecule has 0 aromatic heterocycles. The molecule has 0 aliphatic heterocycles. The molecular formula is C8H16N2O. The van der Waals surface area contributed by atoms with Crippen molar-refractivity contribution in [2.75, 3.05) is 14.1 Å². The van der Waals surface area contributed by atoms with Crippen LogP contribution in [0.3, 0.4) is 0 Å². The van der Waals surface area contributed by atoms with E-state index in [1.807, 2.05) is 0 Å². The molecule has 1 unspecified atom stereocenters. The Labute approximate surface area is 67.5 Å². The predicted molar refractivity (Wildman–Crippen MR) is 44.0 cm³/mol. The molecule has 2 N–H and O–H groups in total. The van der Waals surface area contributed by atoms with Gasteiger partial charge in [-0.25, -0.2) is 0 Å². The Morgan fingerprint density at radius 3 is 2.55 bits per heavy atom. The molecule has 0 saturated heterocycles. The first kappa shape index (κ1) is 8.53. The second-order valence-corrected chi connectivity index (χ2v) is 3.49. The van der Waals surface area contributed by atoms with Crippen LogP contribution in [-0.2, 0) is 4.79 Å². The van der Waals surface area contributed by atoms with Gasteiger partial charge >= 0.3 is 0 Å². The molecule has 0 radical (unpaired) electrons. The van der Waals surface area contributed by atoms with Crippen molar-refractivity contribution in [2.24, 2.45) is 11.7 Å². The van der Waals surface area contributed by atoms with Gasteiger partial charge in [0.15, 0.2) is 0 Å². The van der Waals surface area contributed by atoms with Crippen molar-refractivity contribution >= 4 is 5.91 Å². The van der Waals surface area contributed by atoms with Gasteiger partial charge < -0.3 is 10.6 Å². The van der Waals surface area contributed by atoms with Crippen molar-refractivity contribution < 1.29 is 4.79 Å². The van der Waals surface area contributed by atoms with E-state index in [4.69, 9.17) is 5.73 Å². The van der Waals surface area contributed by atoms with Crippen LogP contribution in [0.25, 0.3) is 0 Å². The summed E-state index contributed by atoms with van der Waals surface area (Å²) in [6, 6.07) is 0.102. The van der Waals surface area contributed by atoms with Gasteiger partial charge in [0.2, 0.25) is 5.91 Å². The molecule has 1 atom stereocenters. The fourth-order valence-corrected chi connectivity index (χ4v) is 1.08. The third kappa shape index (κ3) is 2.50. The maximum Gasteiger partial charge on any atom is 0.223 e. The first-order chi connectivity index (χ1) is 5.11. The van der Waals surface area contributed by atoms with Gasteiger partial charge in [0.1, 0.15) is 0 Å². The SMILES string of the molecule is CN(C)C(=O)CC(N)C1CC1. The summed E-state index contributed by atoms with van der Waals surface area (Å²) in [7, 11) is 3.53. The predicted octanol–water partition coefficient (Wildman–Crippen LogP) is 0.202. The smallest absolute Gasteiger partial charge is 0.223 e. The minimum atomic E-state index is 0.102. The monoisotopic (exact) mass is 156 g/mol. The highest BCUT2D eigenvalue weighted by Gasteiger charge is 2.29. The van der Waals surface area contributed by atoms with Crippen LogP contribution in [-0.4, -0.2) is 30.9 Å². The molecule has 0 bridgehead atoms. The van der Waals surface area contributed by atoms with Gasteiger partial charge in [-0.2, -0.15) is 0 Å². The van der Waals surface area contributed by atoms with Crippen LogP contribution in [0.15, 0.2) is 0 Å². The topological polar surface area (TPSA) is 46.3 Å². The summed E-state index contributed by atoms with van der Waals surface area (Å²) in [6.07, 6.45) is 2.93. The van der Waals surface area contributed by atoms with Crippen LogP contribution in [0.4, 0.5) is 0 Å². The second-order valence-electron chi connectivity index (χ2n) is 3.49. The summed E-state index contributed by atoms with van der Waals surface area (Å²) in [5.74, 6) is 0.767. The quantitative estimate of drug-likeness (QED) is 0.634. The molecule has 1 rings (SSSR count). The Morgan fingerprint density at radius 2 is 2.18 bits per heavy atom. The number of carbonyl (C=O) groups is 1. The summed E-state index contributed by atoms with van der Waals surface area (Å²) in [6.45, 7) is 0. The van der Waals surface area contributed by atoms with Gasteiger partial charge in [-0.3, -0.25) is 4.79 Å². The van der Waals surface area contributed by atoms with E-state index >= 15 is 0 Å². The van der Waals surface area contributed by atoms with Crippen LogP contribution < -0.4 is 5.73 Å². The van der Waals surface area contributed by atoms with Crippen molar-refractivity contribution in [1.29, 1.82) is 0 Å². The summed E-state index contributed by atoms with van der Waals surface area (Å²) < 4.78 is 0. The van der Waals surface area contributed by atoms with Crippen molar-refractivity contribution in [3.8, 4) is 0 Å². The first-order valence-corrected chi connectivity index (χ1v) is 4.07. The number of nitrogens with zero attached hydrogens (tertiary/aromatic N) is 1. The van der Waals surface area contributed by atoms with E-state index in [2.05, 4.69) is 0 Å². The molecule has 1 aliphatic carbocycles. The first-order valence-electron chi connectivity index (χ1n) is 4.07. The van der Waals surface area contributed by atoms with Crippen molar-refractivity contribution in [2.45, 2.75) is 25.3 Å². The Kier molecular flexibility index (Phi) is 2.49. The Hall–Kier alpha value is -0.570. The maximum atomic E-state index is 11.1. The van der Waals surface area contributed by atoms with Crippen LogP contribution in [0.2, 0.25) is 0 Å². The third-order valence-corrected chi connectivity index (χ3v) is 2.14. The summed E-state index contributed by atoms with van der Waals surface area (Å²) in [5, 5.41) is 0. The summed E-state index contributed by atoms with van der Waals surface area (Å²) in [5.41, 5.74) is 5.77. The molecule has 3 heteroatoms. The fraction of sp³-hybridized carbons (Fsp3) is 0.875. The molecule has 0 aromatic carbocycles. The average Bonchev–Trinajstić information content (AvgIpc) is 2.67. The van der Waals surface area contributed by atoms with E-state index in [0.717, 1.165) is 0 Å². The van der Waals surface area contributed by atoms with E-state index < -0.39 is 0 Å². The van der Waals surface area contributed by atoms with Crippen LogP contribution in [0.5, 0.6) is 0 Å². The minimum Gasteiger partial charge on any atom is -0.349 e. The van der Waals surface area contributed by atoms with Crippen molar-refractivity contribution in [1.82, 2.24) is 4.90 Å². The van der Waals surface area contributed by atoms with Crippen molar-refractivity contribution in [3.63, 3.8) is 0 Å². The van der Waals surface area contributed by atoms with Gasteiger partial charge in [-0.05, 0) is 18.8 Å². The van der Waals surface area contributed by atoms with Gasteiger partial charge in [0.05, 0.1) is 0 Å². The lowest BCUT2D eigenvalue weighted by molar-refractivity contribution is -0.129. The number of amides is 1. The maximum absolute atomic E-state index is 11.1. The largest absolute Gasteiger partial charge is 0.349 e. The number of hydrogen-bond donors (Lipinski definition) is 1. The zero-order valence-corrected chi connectivity index (χ0v) is 7.21. The van der Waals surface area contributed by atoms with E-state index in [1.54, 1.807) is 19.0 Å². The standard InChI is InChI=1S/C8H16N2O/c1-10(2)8(11)5-7(9)6-3-4-6/h6-7H,3-5,9H2,1-2H3. The van der Waals surface area contributed by atoms with E-state index in [9.17, 15) is 4.79 Å². The molecule has 0 heterocycles.